The Hall–Kier alpha value is -2.09. The maximum absolute atomic E-state index is 12.1. The van der Waals surface area contributed by atoms with E-state index < -0.39 is 0 Å². The van der Waals surface area contributed by atoms with Crippen LogP contribution in [0.4, 0.5) is 0 Å². The topological polar surface area (TPSA) is 81.9 Å². The number of ether oxygens (including phenoxy) is 1. The van der Waals surface area contributed by atoms with Crippen molar-refractivity contribution in [2.45, 2.75) is 49.7 Å². The van der Waals surface area contributed by atoms with Gasteiger partial charge in [0, 0.05) is 6.54 Å². The number of carbonyl (C=O) groups excluding carboxylic acids is 1. The van der Waals surface area contributed by atoms with Gasteiger partial charge in [0.2, 0.25) is 11.1 Å². The van der Waals surface area contributed by atoms with Crippen LogP contribution in [0.25, 0.3) is 0 Å². The van der Waals surface area contributed by atoms with Crippen molar-refractivity contribution in [3.05, 3.63) is 29.8 Å². The van der Waals surface area contributed by atoms with Crippen molar-refractivity contribution >= 4 is 17.7 Å². The van der Waals surface area contributed by atoms with Crippen LogP contribution in [0.3, 0.4) is 0 Å². The number of thioether (sulfide) groups is 1. The van der Waals surface area contributed by atoms with Gasteiger partial charge in [-0.3, -0.25) is 4.79 Å². The Morgan fingerprint density at radius 3 is 2.92 bits per heavy atom. The largest absolute Gasteiger partial charge is 0.496 e. The Morgan fingerprint density at radius 2 is 2.12 bits per heavy atom. The summed E-state index contributed by atoms with van der Waals surface area (Å²) >= 11 is 1.40. The van der Waals surface area contributed by atoms with Crippen molar-refractivity contribution in [1.82, 2.24) is 25.5 Å². The van der Waals surface area contributed by atoms with Crippen LogP contribution < -0.4 is 10.1 Å². The van der Waals surface area contributed by atoms with Crippen molar-refractivity contribution < 1.29 is 9.53 Å². The van der Waals surface area contributed by atoms with E-state index in [1.807, 2.05) is 28.9 Å². The molecule has 8 heteroatoms. The number of aromatic nitrogens is 4. The van der Waals surface area contributed by atoms with Gasteiger partial charge in [-0.2, -0.15) is 0 Å². The fraction of sp³-hybridized carbons (Fsp3) is 0.556. The van der Waals surface area contributed by atoms with Crippen LogP contribution in [-0.4, -0.2) is 45.5 Å². The van der Waals surface area contributed by atoms with Gasteiger partial charge in [-0.05, 0) is 41.3 Å². The Morgan fingerprint density at radius 1 is 1.31 bits per heavy atom. The zero-order valence-electron chi connectivity index (χ0n) is 15.1. The first-order valence-corrected chi connectivity index (χ1v) is 10.1. The van der Waals surface area contributed by atoms with Crippen LogP contribution in [-0.2, 0) is 11.2 Å². The molecule has 1 heterocycles. The summed E-state index contributed by atoms with van der Waals surface area (Å²) in [6.45, 7) is 0.577. The predicted octanol–water partition coefficient (Wildman–Crippen LogP) is 2.64. The molecule has 0 saturated heterocycles. The zero-order valence-corrected chi connectivity index (χ0v) is 15.9. The van der Waals surface area contributed by atoms with Crippen LogP contribution in [0.15, 0.2) is 29.4 Å². The number of para-hydroxylation sites is 1. The Bertz CT molecular complexity index is 715. The van der Waals surface area contributed by atoms with E-state index in [1.165, 1.54) is 31.0 Å². The van der Waals surface area contributed by atoms with Crippen molar-refractivity contribution in [1.29, 1.82) is 0 Å². The average Bonchev–Trinajstić information content (AvgIpc) is 3.16. The molecule has 3 rings (SSSR count). The van der Waals surface area contributed by atoms with Gasteiger partial charge in [0.1, 0.15) is 5.75 Å². The number of benzene rings is 1. The number of methoxy groups -OCH3 is 1. The van der Waals surface area contributed by atoms with Gasteiger partial charge < -0.3 is 10.1 Å². The lowest BCUT2D eigenvalue weighted by atomic mass is 9.96. The zero-order chi connectivity index (χ0) is 18.2. The van der Waals surface area contributed by atoms with Gasteiger partial charge in [-0.1, -0.05) is 49.2 Å². The minimum Gasteiger partial charge on any atom is -0.496 e. The molecule has 26 heavy (non-hydrogen) atoms. The summed E-state index contributed by atoms with van der Waals surface area (Å²) in [5, 5.41) is 15.7. The molecule has 0 atom stereocenters. The van der Waals surface area contributed by atoms with Crippen molar-refractivity contribution in [3.8, 4) is 5.75 Å². The summed E-state index contributed by atoms with van der Waals surface area (Å²) in [5.41, 5.74) is 1.09. The average molecular weight is 375 g/mol. The predicted molar refractivity (Wildman–Crippen MR) is 100 cm³/mol. The summed E-state index contributed by atoms with van der Waals surface area (Å²) in [6.07, 6.45) is 6.69. The smallest absolute Gasteiger partial charge is 0.230 e. The lowest BCUT2D eigenvalue weighted by Crippen LogP contribution is -2.27. The molecule has 0 spiro atoms. The molecule has 1 fully saturated rings. The first-order valence-electron chi connectivity index (χ1n) is 9.07. The normalized spacial score (nSPS) is 15.0. The third kappa shape index (κ3) is 4.97. The number of tetrazole rings is 1. The molecule has 0 radical (unpaired) electrons. The standard InChI is InChI=1S/C18H25N5O2S/c1-25-16-10-6-5-7-14(16)11-12-19-17(24)13-26-18-20-21-22-23(18)15-8-3-2-4-9-15/h5-7,10,15H,2-4,8-9,11-13H2,1H3,(H,19,24). The Balaban J connectivity index is 1.44. The molecular weight excluding hydrogens is 350 g/mol. The van der Waals surface area contributed by atoms with Crippen molar-refractivity contribution in [2.75, 3.05) is 19.4 Å². The highest BCUT2D eigenvalue weighted by atomic mass is 32.2. The van der Waals surface area contributed by atoms with Gasteiger partial charge in [0.05, 0.1) is 18.9 Å². The fourth-order valence-corrected chi connectivity index (χ4v) is 4.04. The van der Waals surface area contributed by atoms with Gasteiger partial charge in [0.15, 0.2) is 0 Å². The summed E-state index contributed by atoms with van der Waals surface area (Å²) in [5.74, 6) is 1.16. The molecular formula is C18H25N5O2S. The maximum atomic E-state index is 12.1. The molecule has 7 nitrogen and oxygen atoms in total. The van der Waals surface area contributed by atoms with Crippen LogP contribution in [0.1, 0.15) is 43.7 Å². The van der Waals surface area contributed by atoms with E-state index in [0.717, 1.165) is 35.7 Å². The molecule has 0 aliphatic heterocycles. The summed E-state index contributed by atoms with van der Waals surface area (Å²) in [6, 6.07) is 8.22. The van der Waals surface area contributed by atoms with E-state index in [0.29, 0.717) is 18.3 Å². The van der Waals surface area contributed by atoms with E-state index in [9.17, 15) is 4.79 Å². The summed E-state index contributed by atoms with van der Waals surface area (Å²) in [4.78, 5) is 12.1. The molecule has 1 N–H and O–H groups in total. The molecule has 1 aromatic carbocycles. The first kappa shape index (κ1) is 18.7. The van der Waals surface area contributed by atoms with Crippen molar-refractivity contribution in [3.63, 3.8) is 0 Å². The lowest BCUT2D eigenvalue weighted by molar-refractivity contribution is -0.118. The van der Waals surface area contributed by atoms with Gasteiger partial charge >= 0.3 is 0 Å². The van der Waals surface area contributed by atoms with E-state index in [-0.39, 0.29) is 5.91 Å². The Kier molecular flexibility index (Phi) is 6.88. The minimum atomic E-state index is -0.0110. The van der Waals surface area contributed by atoms with E-state index in [2.05, 4.69) is 20.8 Å². The minimum absolute atomic E-state index is 0.0110. The number of nitrogens with zero attached hydrogens (tertiary/aromatic N) is 4. The molecule has 0 bridgehead atoms. The quantitative estimate of drug-likeness (QED) is 0.714. The highest BCUT2D eigenvalue weighted by Crippen LogP contribution is 2.30. The summed E-state index contributed by atoms with van der Waals surface area (Å²) < 4.78 is 7.22. The number of hydrogen-bond acceptors (Lipinski definition) is 6. The molecule has 1 aromatic heterocycles. The third-order valence-electron chi connectivity index (χ3n) is 4.62. The molecule has 0 unspecified atom stereocenters. The lowest BCUT2D eigenvalue weighted by Gasteiger charge is -2.21. The Labute approximate surface area is 157 Å². The molecule has 1 amide bonds. The van der Waals surface area contributed by atoms with Crippen LogP contribution in [0.2, 0.25) is 0 Å². The number of carbonyl (C=O) groups is 1. The monoisotopic (exact) mass is 375 g/mol. The summed E-state index contributed by atoms with van der Waals surface area (Å²) in [7, 11) is 1.66. The number of hydrogen-bond donors (Lipinski definition) is 1. The van der Waals surface area contributed by atoms with Crippen LogP contribution in [0.5, 0.6) is 5.75 Å². The molecule has 140 valence electrons. The first-order chi connectivity index (χ1) is 12.8. The van der Waals surface area contributed by atoms with Gasteiger partial charge in [-0.15, -0.1) is 5.10 Å². The molecule has 1 saturated carbocycles. The van der Waals surface area contributed by atoms with Gasteiger partial charge in [0.25, 0.3) is 0 Å². The van der Waals surface area contributed by atoms with Gasteiger partial charge in [-0.25, -0.2) is 4.68 Å². The number of nitrogens with one attached hydrogen (secondary N) is 1. The maximum Gasteiger partial charge on any atom is 0.230 e. The van der Waals surface area contributed by atoms with E-state index in [4.69, 9.17) is 4.74 Å². The SMILES string of the molecule is COc1ccccc1CCNC(=O)CSc1nnnn1C1CCCCC1. The van der Waals surface area contributed by atoms with Crippen molar-refractivity contribution in [2.24, 2.45) is 0 Å². The molecule has 1 aliphatic rings. The van der Waals surface area contributed by atoms with Crippen LogP contribution >= 0.6 is 11.8 Å². The van der Waals surface area contributed by atoms with E-state index in [1.54, 1.807) is 7.11 Å². The van der Waals surface area contributed by atoms with Crippen LogP contribution in [0, 0.1) is 0 Å². The number of amides is 1. The molecule has 2 aromatic rings. The van der Waals surface area contributed by atoms with E-state index >= 15 is 0 Å². The second kappa shape index (κ2) is 9.56. The second-order valence-corrected chi connectivity index (χ2v) is 7.34. The highest BCUT2D eigenvalue weighted by Gasteiger charge is 2.20. The highest BCUT2D eigenvalue weighted by molar-refractivity contribution is 7.99. The molecule has 1 aliphatic carbocycles. The fourth-order valence-electron chi connectivity index (χ4n) is 3.26. The number of rotatable bonds is 8. The third-order valence-corrected chi connectivity index (χ3v) is 5.56. The second-order valence-electron chi connectivity index (χ2n) is 6.40.